The molecule has 1 unspecified atom stereocenters. The minimum Gasteiger partial charge on any atom is -0.394 e. The van der Waals surface area contributed by atoms with Gasteiger partial charge >= 0.3 is 0 Å². The van der Waals surface area contributed by atoms with Crippen LogP contribution in [0.1, 0.15) is 200 Å². The van der Waals surface area contributed by atoms with Crippen LogP contribution in [0, 0.1) is 5.92 Å². The molecular formula is C53H111N9O8. The first-order chi connectivity index (χ1) is 34.1. The summed E-state index contributed by atoms with van der Waals surface area (Å²) < 4.78 is 0. The summed E-state index contributed by atoms with van der Waals surface area (Å²) in [5, 5.41) is 70.9. The van der Waals surface area contributed by atoms with Gasteiger partial charge in [0.25, 0.3) is 5.91 Å². The molecule has 17 heteroatoms. The first-order valence-corrected chi connectivity index (χ1v) is 28.5. The normalized spacial score (nSPS) is 13.8. The summed E-state index contributed by atoms with van der Waals surface area (Å²) in [6, 6.07) is -0.489. The summed E-state index contributed by atoms with van der Waals surface area (Å²) in [6.07, 6.45) is 24.1. The second-order valence-corrected chi connectivity index (χ2v) is 19.7. The van der Waals surface area contributed by atoms with Crippen molar-refractivity contribution < 1.29 is 39.9 Å². The van der Waals surface area contributed by atoms with Gasteiger partial charge in [-0.3, -0.25) is 14.4 Å². The molecule has 0 aliphatic carbocycles. The number of nitrogens with two attached hydrogens (primary N) is 2. The number of hydrogen-bond acceptors (Lipinski definition) is 14. The number of carbonyl (C=O) groups is 3. The fraction of sp³-hybridized carbons (Fsp3) is 0.943. The van der Waals surface area contributed by atoms with Crippen molar-refractivity contribution in [1.82, 2.24) is 37.2 Å². The van der Waals surface area contributed by atoms with Gasteiger partial charge in [0.15, 0.2) is 6.10 Å². The van der Waals surface area contributed by atoms with E-state index in [1.54, 1.807) is 0 Å². The molecule has 0 saturated heterocycles. The van der Waals surface area contributed by atoms with Crippen molar-refractivity contribution in [2.75, 3.05) is 85.1 Å². The number of aliphatic hydroxyl groups excluding tert-OH is 5. The van der Waals surface area contributed by atoms with E-state index in [9.17, 15) is 34.8 Å². The van der Waals surface area contributed by atoms with E-state index < -0.39 is 43.0 Å². The standard InChI is InChI=1S/C53H111N9O8/c1-2-3-4-5-6-10-13-19-30-46(62-48(65)31-20-14-11-8-7-9-12-16-21-41-61-53(70)51(68)50(67)49(66)47(64)44-63)52(69)60-40-22-17-15-18-29-45(42-58-36-25-23-34-56-38-27-32-54)43-59-37-26-24-35-57-39-28-33-55/h45-47,49-51,56-59,63-64,66-68H,2-44,54-55H2,1H3,(H,60,69)(H,61,70)(H,62,65)/t46?,47-,49-,50+,51-/m1/s1. The van der Waals surface area contributed by atoms with Gasteiger partial charge in [0.2, 0.25) is 11.8 Å². The van der Waals surface area contributed by atoms with Gasteiger partial charge in [0.05, 0.1) is 6.61 Å². The molecule has 0 saturated carbocycles. The molecular weight excluding hydrogens is 891 g/mol. The molecule has 3 amide bonds. The third-order valence-electron chi connectivity index (χ3n) is 13.1. The average Bonchev–Trinajstić information content (AvgIpc) is 3.36. The van der Waals surface area contributed by atoms with Gasteiger partial charge < -0.3 is 74.2 Å². The monoisotopic (exact) mass is 1000 g/mol. The molecule has 0 aliphatic heterocycles. The molecule has 0 heterocycles. The molecule has 0 spiro atoms. The lowest BCUT2D eigenvalue weighted by Crippen LogP contribution is -2.51. The summed E-state index contributed by atoms with van der Waals surface area (Å²) in [6.45, 7) is 12.1. The average molecular weight is 1000 g/mol. The van der Waals surface area contributed by atoms with Gasteiger partial charge in [-0.1, -0.05) is 122 Å². The number of amides is 3. The third kappa shape index (κ3) is 42.5. The van der Waals surface area contributed by atoms with E-state index in [1.807, 2.05) is 0 Å². The summed E-state index contributed by atoms with van der Waals surface area (Å²) >= 11 is 0. The number of hydrogen-bond donors (Lipinski definition) is 14. The maximum Gasteiger partial charge on any atom is 0.251 e. The predicted molar refractivity (Wildman–Crippen MR) is 286 cm³/mol. The Morgan fingerprint density at radius 1 is 0.443 bits per heavy atom. The van der Waals surface area contributed by atoms with E-state index in [4.69, 9.17) is 16.6 Å². The van der Waals surface area contributed by atoms with Crippen LogP contribution in [-0.4, -0.2) is 159 Å². The summed E-state index contributed by atoms with van der Waals surface area (Å²) in [5.74, 6) is -0.348. The van der Waals surface area contributed by atoms with Crippen LogP contribution in [0.2, 0.25) is 0 Å². The Bertz CT molecular complexity index is 1140. The Kier molecular flexibility index (Phi) is 50.4. The van der Waals surface area contributed by atoms with E-state index >= 15 is 0 Å². The summed E-state index contributed by atoms with van der Waals surface area (Å²) in [4.78, 5) is 38.5. The van der Waals surface area contributed by atoms with Crippen molar-refractivity contribution >= 4 is 17.7 Å². The van der Waals surface area contributed by atoms with E-state index in [1.165, 1.54) is 77.0 Å². The molecule has 0 aromatic carbocycles. The largest absolute Gasteiger partial charge is 0.394 e. The van der Waals surface area contributed by atoms with Crippen molar-refractivity contribution in [1.29, 1.82) is 0 Å². The van der Waals surface area contributed by atoms with Crippen LogP contribution < -0.4 is 48.7 Å². The quantitative estimate of drug-likeness (QED) is 0.0387. The van der Waals surface area contributed by atoms with Crippen LogP contribution in [0.4, 0.5) is 0 Å². The lowest BCUT2D eigenvalue weighted by molar-refractivity contribution is -0.148. The molecule has 0 aromatic heterocycles. The number of unbranched alkanes of at least 4 members (excludes halogenated alkanes) is 20. The van der Waals surface area contributed by atoms with E-state index in [-0.39, 0.29) is 11.8 Å². The van der Waals surface area contributed by atoms with Gasteiger partial charge in [-0.15, -0.1) is 0 Å². The second kappa shape index (κ2) is 51.9. The fourth-order valence-corrected chi connectivity index (χ4v) is 8.50. The molecule has 0 fully saturated rings. The van der Waals surface area contributed by atoms with Gasteiger partial charge in [0, 0.05) is 19.5 Å². The molecule has 0 radical (unpaired) electrons. The number of aliphatic hydroxyl groups is 5. The highest BCUT2D eigenvalue weighted by Crippen LogP contribution is 2.14. The zero-order valence-corrected chi connectivity index (χ0v) is 44.5. The van der Waals surface area contributed by atoms with Crippen molar-refractivity contribution in [2.45, 2.75) is 230 Å². The number of rotatable bonds is 55. The summed E-state index contributed by atoms with van der Waals surface area (Å²) in [5.41, 5.74) is 11.2. The number of nitrogens with one attached hydrogen (secondary N) is 7. The predicted octanol–water partition coefficient (Wildman–Crippen LogP) is 3.75. The Labute approximate surface area is 426 Å². The highest BCUT2D eigenvalue weighted by molar-refractivity contribution is 5.87. The molecule has 0 rings (SSSR count). The Hall–Kier alpha value is -2.03. The van der Waals surface area contributed by atoms with Gasteiger partial charge in [-0.05, 0) is 142 Å². The zero-order chi connectivity index (χ0) is 51.6. The van der Waals surface area contributed by atoms with Gasteiger partial charge in [0.1, 0.15) is 24.4 Å². The lowest BCUT2D eigenvalue weighted by atomic mass is 10.00. The smallest absolute Gasteiger partial charge is 0.251 e. The Morgan fingerprint density at radius 2 is 0.843 bits per heavy atom. The van der Waals surface area contributed by atoms with Crippen LogP contribution in [0.3, 0.4) is 0 Å². The minimum atomic E-state index is -1.91. The van der Waals surface area contributed by atoms with Crippen LogP contribution in [-0.2, 0) is 14.4 Å². The number of carbonyl (C=O) groups excluding carboxylic acids is 3. The molecule has 17 nitrogen and oxygen atoms in total. The SMILES string of the molecule is CCCCCCCCCCC(NC(=O)CCCCCCCCCCCNC(=O)[C@H](O)[C@@H](O)[C@H](O)[C@H](O)CO)C(=O)NCCCCCCC(CNCCCCNCCCN)CNCCCCNCCCN. The molecule has 0 bridgehead atoms. The van der Waals surface area contributed by atoms with Crippen LogP contribution >= 0.6 is 0 Å². The lowest BCUT2D eigenvalue weighted by Gasteiger charge is -2.24. The van der Waals surface area contributed by atoms with Crippen molar-refractivity contribution in [3.8, 4) is 0 Å². The Morgan fingerprint density at radius 3 is 1.33 bits per heavy atom. The van der Waals surface area contributed by atoms with E-state index in [2.05, 4.69) is 44.1 Å². The van der Waals surface area contributed by atoms with Crippen LogP contribution in [0.15, 0.2) is 0 Å². The molecule has 0 aromatic rings. The first-order valence-electron chi connectivity index (χ1n) is 28.5. The van der Waals surface area contributed by atoms with E-state index in [0.717, 1.165) is 162 Å². The molecule has 5 atom stereocenters. The molecule has 16 N–H and O–H groups in total. The van der Waals surface area contributed by atoms with Gasteiger partial charge in [-0.2, -0.15) is 0 Å². The van der Waals surface area contributed by atoms with Crippen LogP contribution in [0.25, 0.3) is 0 Å². The van der Waals surface area contributed by atoms with Crippen molar-refractivity contribution in [3.05, 3.63) is 0 Å². The molecule has 416 valence electrons. The molecule has 0 aliphatic rings. The zero-order valence-electron chi connectivity index (χ0n) is 44.5. The maximum atomic E-state index is 13.4. The van der Waals surface area contributed by atoms with Crippen LogP contribution in [0.5, 0.6) is 0 Å². The fourth-order valence-electron chi connectivity index (χ4n) is 8.50. The third-order valence-corrected chi connectivity index (χ3v) is 13.1. The summed E-state index contributed by atoms with van der Waals surface area (Å²) in [7, 11) is 0. The van der Waals surface area contributed by atoms with E-state index in [0.29, 0.717) is 38.3 Å². The second-order valence-electron chi connectivity index (χ2n) is 19.7. The maximum absolute atomic E-state index is 13.4. The van der Waals surface area contributed by atoms with Gasteiger partial charge in [-0.25, -0.2) is 0 Å². The van der Waals surface area contributed by atoms with Crippen molar-refractivity contribution in [2.24, 2.45) is 17.4 Å². The Balaban J connectivity index is 4.59. The van der Waals surface area contributed by atoms with Crippen molar-refractivity contribution in [3.63, 3.8) is 0 Å². The highest BCUT2D eigenvalue weighted by Gasteiger charge is 2.34. The minimum absolute atomic E-state index is 0.0445. The first kappa shape index (κ1) is 68.0. The highest BCUT2D eigenvalue weighted by atomic mass is 16.4. The topological polar surface area (TPSA) is 289 Å². The molecule has 70 heavy (non-hydrogen) atoms.